The van der Waals surface area contributed by atoms with Crippen LogP contribution in [0.5, 0.6) is 11.5 Å². The predicted octanol–water partition coefficient (Wildman–Crippen LogP) is 6.14. The first-order valence-corrected chi connectivity index (χ1v) is 13.7. The molecule has 0 aliphatic carbocycles. The minimum atomic E-state index is 0.0303. The Morgan fingerprint density at radius 3 is 2.53 bits per heavy atom. The number of hydrogen-bond donors (Lipinski definition) is 1. The van der Waals surface area contributed by atoms with Gasteiger partial charge in [0, 0.05) is 29.3 Å². The van der Waals surface area contributed by atoms with Crippen LogP contribution in [0.4, 0.5) is 0 Å². The Kier molecular flexibility index (Phi) is 9.67. The lowest BCUT2D eigenvalue weighted by Crippen LogP contribution is -2.25. The highest BCUT2D eigenvalue weighted by Crippen LogP contribution is 2.30. The summed E-state index contributed by atoms with van der Waals surface area (Å²) < 4.78 is 12.6. The summed E-state index contributed by atoms with van der Waals surface area (Å²) in [6.07, 6.45) is 1.87. The van der Waals surface area contributed by atoms with Crippen molar-refractivity contribution in [2.75, 3.05) is 26.5 Å². The van der Waals surface area contributed by atoms with E-state index in [-0.39, 0.29) is 5.91 Å². The molecule has 0 saturated carbocycles. The van der Waals surface area contributed by atoms with Gasteiger partial charge in [-0.1, -0.05) is 65.3 Å². The van der Waals surface area contributed by atoms with Gasteiger partial charge in [-0.2, -0.15) is 0 Å². The Bertz CT molecular complexity index is 1370. The minimum absolute atomic E-state index is 0.0303. The van der Waals surface area contributed by atoms with Crippen LogP contribution in [0.1, 0.15) is 24.0 Å². The lowest BCUT2D eigenvalue weighted by molar-refractivity contribution is -0.121. The number of halogens is 1. The van der Waals surface area contributed by atoms with Crippen molar-refractivity contribution in [2.24, 2.45) is 0 Å². The Morgan fingerprint density at radius 2 is 1.79 bits per heavy atom. The number of thioether (sulfide) groups is 1. The fraction of sp³-hybridized carbons (Fsp3) is 0.276. The van der Waals surface area contributed by atoms with Gasteiger partial charge in [0.25, 0.3) is 0 Å². The van der Waals surface area contributed by atoms with E-state index >= 15 is 0 Å². The molecule has 4 aromatic rings. The molecule has 3 aromatic carbocycles. The molecule has 1 aromatic heterocycles. The average Bonchev–Trinajstić information content (AvgIpc) is 3.35. The van der Waals surface area contributed by atoms with E-state index in [1.54, 1.807) is 26.0 Å². The Balaban J connectivity index is 1.32. The molecule has 0 aliphatic rings. The second kappa shape index (κ2) is 13.3. The summed E-state index contributed by atoms with van der Waals surface area (Å²) in [6.45, 7) is 2.61. The van der Waals surface area contributed by atoms with Gasteiger partial charge in [-0.05, 0) is 55.7 Å². The van der Waals surface area contributed by atoms with E-state index in [9.17, 15) is 4.79 Å². The molecule has 1 heterocycles. The molecule has 0 spiro atoms. The van der Waals surface area contributed by atoms with E-state index in [0.717, 1.165) is 40.0 Å². The maximum Gasteiger partial charge on any atom is 0.220 e. The molecule has 1 amide bonds. The highest BCUT2D eigenvalue weighted by atomic mass is 35.5. The van der Waals surface area contributed by atoms with Crippen molar-refractivity contribution in [1.82, 2.24) is 20.1 Å². The summed E-state index contributed by atoms with van der Waals surface area (Å²) in [6, 6.07) is 21.6. The Labute approximate surface area is 232 Å². The molecular weight excluding hydrogens is 520 g/mol. The number of hydrogen-bond acceptors (Lipinski definition) is 6. The number of carbonyl (C=O) groups is 1. The van der Waals surface area contributed by atoms with Crippen molar-refractivity contribution in [2.45, 2.75) is 31.3 Å². The molecule has 0 radical (unpaired) electrons. The van der Waals surface area contributed by atoms with Crippen molar-refractivity contribution in [1.29, 1.82) is 0 Å². The van der Waals surface area contributed by atoms with Crippen LogP contribution < -0.4 is 14.8 Å². The zero-order valence-corrected chi connectivity index (χ0v) is 23.3. The number of nitrogens with zero attached hydrogens (tertiary/aromatic N) is 3. The van der Waals surface area contributed by atoms with Gasteiger partial charge in [0.05, 0.1) is 19.9 Å². The number of carbonyl (C=O) groups excluding carboxylic acids is 1. The van der Waals surface area contributed by atoms with Crippen molar-refractivity contribution in [3.8, 4) is 28.6 Å². The molecule has 0 aliphatic heterocycles. The fourth-order valence-corrected chi connectivity index (χ4v) is 5.04. The number of methoxy groups -OCH3 is 2. The number of amides is 1. The van der Waals surface area contributed by atoms with E-state index in [2.05, 4.69) is 34.6 Å². The first kappa shape index (κ1) is 27.5. The van der Waals surface area contributed by atoms with Crippen molar-refractivity contribution in [3.63, 3.8) is 0 Å². The summed E-state index contributed by atoms with van der Waals surface area (Å²) in [4.78, 5) is 12.4. The molecule has 38 heavy (non-hydrogen) atoms. The Hall–Kier alpha value is -3.49. The number of aromatic nitrogens is 3. The minimum Gasteiger partial charge on any atom is -0.493 e. The molecule has 1 N–H and O–H groups in total. The van der Waals surface area contributed by atoms with Gasteiger partial charge in [-0.15, -0.1) is 10.2 Å². The number of aryl methyl sites for hydroxylation is 1. The third kappa shape index (κ3) is 7.08. The highest BCUT2D eigenvalue weighted by molar-refractivity contribution is 7.99. The van der Waals surface area contributed by atoms with Gasteiger partial charge in [-0.3, -0.25) is 9.36 Å². The SMILES string of the molecule is COc1ccc(CCNC(=O)CCCSc2nnc(-c3ccc(C)cc3)n2-c2cccc(Cl)c2)cc1OC. The molecule has 0 unspecified atom stereocenters. The van der Waals surface area contributed by atoms with Gasteiger partial charge >= 0.3 is 0 Å². The van der Waals surface area contributed by atoms with Gasteiger partial charge in [0.15, 0.2) is 22.5 Å². The molecule has 0 saturated heterocycles. The molecule has 0 atom stereocenters. The molecule has 0 fully saturated rings. The topological polar surface area (TPSA) is 78.3 Å². The third-order valence-corrected chi connectivity index (χ3v) is 7.22. The molecular formula is C29H31ClN4O3S. The van der Waals surface area contributed by atoms with Gasteiger partial charge in [0.1, 0.15) is 0 Å². The second-order valence-corrected chi connectivity index (χ2v) is 10.2. The third-order valence-electron chi connectivity index (χ3n) is 5.97. The van der Waals surface area contributed by atoms with Crippen LogP contribution in [0.25, 0.3) is 17.1 Å². The smallest absolute Gasteiger partial charge is 0.220 e. The molecule has 7 nitrogen and oxygen atoms in total. The zero-order chi connectivity index (χ0) is 26.9. The van der Waals surface area contributed by atoms with Crippen LogP contribution in [0, 0.1) is 6.92 Å². The van der Waals surface area contributed by atoms with E-state index in [4.69, 9.17) is 21.1 Å². The lowest BCUT2D eigenvalue weighted by atomic mass is 10.1. The predicted molar refractivity (Wildman–Crippen MR) is 153 cm³/mol. The molecule has 4 rings (SSSR count). The van der Waals surface area contributed by atoms with Crippen LogP contribution in [0.2, 0.25) is 5.02 Å². The highest BCUT2D eigenvalue weighted by Gasteiger charge is 2.16. The van der Waals surface area contributed by atoms with Crippen LogP contribution in [-0.4, -0.2) is 47.2 Å². The number of rotatable bonds is 12. The standard InChI is InChI=1S/C29H31ClN4O3S/c1-20-9-12-22(13-10-20)28-32-33-29(34(28)24-7-4-6-23(30)19-24)38-17-5-8-27(35)31-16-15-21-11-14-25(36-2)26(18-21)37-3/h4,6-7,9-14,18-19H,5,8,15-17H2,1-3H3,(H,31,35). The van der Waals surface area contributed by atoms with Crippen LogP contribution in [0.15, 0.2) is 71.9 Å². The second-order valence-electron chi connectivity index (χ2n) is 8.73. The maximum atomic E-state index is 12.4. The van der Waals surface area contributed by atoms with Gasteiger partial charge in [0.2, 0.25) is 5.91 Å². The first-order valence-electron chi connectivity index (χ1n) is 12.4. The van der Waals surface area contributed by atoms with Gasteiger partial charge < -0.3 is 14.8 Å². The first-order chi connectivity index (χ1) is 18.5. The zero-order valence-electron chi connectivity index (χ0n) is 21.7. The van der Waals surface area contributed by atoms with Crippen LogP contribution in [-0.2, 0) is 11.2 Å². The molecule has 0 bridgehead atoms. The number of benzene rings is 3. The summed E-state index contributed by atoms with van der Waals surface area (Å²) in [5, 5.41) is 13.3. The summed E-state index contributed by atoms with van der Waals surface area (Å²) in [7, 11) is 3.22. The molecule has 9 heteroatoms. The fourth-order valence-electron chi connectivity index (χ4n) is 3.97. The summed E-state index contributed by atoms with van der Waals surface area (Å²) >= 11 is 7.86. The maximum absolute atomic E-state index is 12.4. The van der Waals surface area contributed by atoms with Crippen molar-refractivity contribution in [3.05, 3.63) is 82.9 Å². The van der Waals surface area contributed by atoms with E-state index < -0.39 is 0 Å². The lowest BCUT2D eigenvalue weighted by Gasteiger charge is -2.11. The van der Waals surface area contributed by atoms with Crippen LogP contribution in [0.3, 0.4) is 0 Å². The van der Waals surface area contributed by atoms with Crippen LogP contribution >= 0.6 is 23.4 Å². The quantitative estimate of drug-likeness (QED) is 0.168. The van der Waals surface area contributed by atoms with E-state index in [0.29, 0.717) is 35.9 Å². The van der Waals surface area contributed by atoms with Gasteiger partial charge in [-0.25, -0.2) is 0 Å². The van der Waals surface area contributed by atoms with E-state index in [1.807, 2.05) is 59.2 Å². The number of nitrogens with one attached hydrogen (secondary N) is 1. The molecule has 198 valence electrons. The van der Waals surface area contributed by atoms with Crippen molar-refractivity contribution >= 4 is 29.3 Å². The summed E-state index contributed by atoms with van der Waals surface area (Å²) in [5.74, 6) is 2.89. The largest absolute Gasteiger partial charge is 0.493 e. The monoisotopic (exact) mass is 550 g/mol. The normalized spacial score (nSPS) is 10.8. The Morgan fingerprint density at radius 1 is 1.00 bits per heavy atom. The van der Waals surface area contributed by atoms with Crippen molar-refractivity contribution < 1.29 is 14.3 Å². The average molecular weight is 551 g/mol. The number of ether oxygens (including phenoxy) is 2. The summed E-state index contributed by atoms with van der Waals surface area (Å²) in [5.41, 5.74) is 4.12. The van der Waals surface area contributed by atoms with E-state index in [1.165, 1.54) is 5.56 Å².